The average molecular weight is 345 g/mol. The summed E-state index contributed by atoms with van der Waals surface area (Å²) in [4.78, 5) is 15.8. The SMILES string of the molecule is C/C=C/c1cc(C(=O)N(C)C(C)c2cccs2)cc(OC)c1OC. The lowest BCUT2D eigenvalue weighted by atomic mass is 10.1. The molecule has 4 nitrogen and oxygen atoms in total. The first kappa shape index (κ1) is 18.1. The Morgan fingerprint density at radius 1 is 1.29 bits per heavy atom. The Kier molecular flexibility index (Phi) is 6.04. The van der Waals surface area contributed by atoms with E-state index in [4.69, 9.17) is 9.47 Å². The predicted octanol–water partition coefficient (Wildman–Crippen LogP) is 4.63. The number of amides is 1. The van der Waals surface area contributed by atoms with Gasteiger partial charge in [0, 0.05) is 23.1 Å². The Morgan fingerprint density at radius 2 is 2.04 bits per heavy atom. The normalized spacial score (nSPS) is 12.2. The fraction of sp³-hybridized carbons (Fsp3) is 0.316. The molecule has 1 unspecified atom stereocenters. The van der Waals surface area contributed by atoms with Crippen LogP contribution in [0.1, 0.15) is 40.7 Å². The summed E-state index contributed by atoms with van der Waals surface area (Å²) >= 11 is 1.65. The standard InChI is InChI=1S/C19H23NO3S/c1-6-8-14-11-15(12-16(22-4)18(14)23-5)19(21)20(3)13(2)17-9-7-10-24-17/h6-13H,1-5H3/b8-6+. The minimum Gasteiger partial charge on any atom is -0.493 e. The second kappa shape index (κ2) is 8.02. The topological polar surface area (TPSA) is 38.8 Å². The lowest BCUT2D eigenvalue weighted by Gasteiger charge is -2.25. The molecule has 0 bridgehead atoms. The molecular weight excluding hydrogens is 322 g/mol. The van der Waals surface area contributed by atoms with Crippen LogP contribution in [0.4, 0.5) is 0 Å². The molecule has 0 aliphatic rings. The molecule has 128 valence electrons. The molecule has 24 heavy (non-hydrogen) atoms. The van der Waals surface area contributed by atoms with Crippen molar-refractivity contribution >= 4 is 23.3 Å². The van der Waals surface area contributed by atoms with Gasteiger partial charge >= 0.3 is 0 Å². The van der Waals surface area contributed by atoms with Gasteiger partial charge in [-0.05, 0) is 37.4 Å². The summed E-state index contributed by atoms with van der Waals surface area (Å²) < 4.78 is 10.8. The van der Waals surface area contributed by atoms with Crippen molar-refractivity contribution in [2.24, 2.45) is 0 Å². The number of carbonyl (C=O) groups excluding carboxylic acids is 1. The number of benzene rings is 1. The monoisotopic (exact) mass is 345 g/mol. The highest BCUT2D eigenvalue weighted by Gasteiger charge is 2.22. The summed E-state index contributed by atoms with van der Waals surface area (Å²) in [5, 5.41) is 2.02. The van der Waals surface area contributed by atoms with Crippen LogP contribution >= 0.6 is 11.3 Å². The van der Waals surface area contributed by atoms with Crippen LogP contribution in [0, 0.1) is 0 Å². The van der Waals surface area contributed by atoms with E-state index in [9.17, 15) is 4.79 Å². The highest BCUT2D eigenvalue weighted by Crippen LogP contribution is 2.34. The van der Waals surface area contributed by atoms with E-state index in [2.05, 4.69) is 0 Å². The van der Waals surface area contributed by atoms with Crippen molar-refractivity contribution in [2.75, 3.05) is 21.3 Å². The van der Waals surface area contributed by atoms with Gasteiger partial charge in [-0.1, -0.05) is 18.2 Å². The van der Waals surface area contributed by atoms with Crippen LogP contribution in [0.15, 0.2) is 35.7 Å². The molecule has 1 amide bonds. The van der Waals surface area contributed by atoms with E-state index in [1.807, 2.05) is 56.6 Å². The van der Waals surface area contributed by atoms with E-state index in [1.165, 1.54) is 0 Å². The number of hydrogen-bond acceptors (Lipinski definition) is 4. The molecule has 0 N–H and O–H groups in total. The number of allylic oxidation sites excluding steroid dienone is 1. The quantitative estimate of drug-likeness (QED) is 0.766. The summed E-state index contributed by atoms with van der Waals surface area (Å²) in [5.41, 5.74) is 1.39. The lowest BCUT2D eigenvalue weighted by Crippen LogP contribution is -2.29. The average Bonchev–Trinajstić information content (AvgIpc) is 3.13. The van der Waals surface area contributed by atoms with Crippen LogP contribution < -0.4 is 9.47 Å². The minimum atomic E-state index is -0.0531. The van der Waals surface area contributed by atoms with Gasteiger partial charge < -0.3 is 14.4 Å². The Bertz CT molecular complexity index is 722. The highest BCUT2D eigenvalue weighted by atomic mass is 32.1. The van der Waals surface area contributed by atoms with Crippen LogP contribution in [0.2, 0.25) is 0 Å². The number of ether oxygens (including phenoxy) is 2. The molecule has 0 radical (unpaired) electrons. The third-order valence-electron chi connectivity index (χ3n) is 3.96. The molecule has 0 fully saturated rings. The summed E-state index contributed by atoms with van der Waals surface area (Å²) in [7, 11) is 4.99. The van der Waals surface area contributed by atoms with Crippen molar-refractivity contribution in [3.05, 3.63) is 51.7 Å². The summed E-state index contributed by atoms with van der Waals surface area (Å²) in [6.07, 6.45) is 3.81. The molecule has 0 spiro atoms. The van der Waals surface area contributed by atoms with Crippen molar-refractivity contribution < 1.29 is 14.3 Å². The Hall–Kier alpha value is -2.27. The maximum absolute atomic E-state index is 12.9. The van der Waals surface area contributed by atoms with E-state index >= 15 is 0 Å². The zero-order chi connectivity index (χ0) is 17.7. The zero-order valence-corrected chi connectivity index (χ0v) is 15.5. The Balaban J connectivity index is 2.40. The van der Waals surface area contributed by atoms with Crippen molar-refractivity contribution in [1.29, 1.82) is 0 Å². The number of hydrogen-bond donors (Lipinski definition) is 0. The van der Waals surface area contributed by atoms with E-state index in [0.29, 0.717) is 17.1 Å². The number of carbonyl (C=O) groups is 1. The number of thiophene rings is 1. The molecule has 1 aromatic heterocycles. The molecule has 1 aromatic carbocycles. The van der Waals surface area contributed by atoms with Gasteiger partial charge in [0.25, 0.3) is 5.91 Å². The van der Waals surface area contributed by atoms with Gasteiger partial charge in [-0.25, -0.2) is 0 Å². The van der Waals surface area contributed by atoms with E-state index in [0.717, 1.165) is 10.4 Å². The second-order valence-electron chi connectivity index (χ2n) is 5.41. The van der Waals surface area contributed by atoms with Gasteiger partial charge in [0.15, 0.2) is 11.5 Å². The van der Waals surface area contributed by atoms with Crippen LogP contribution in [-0.2, 0) is 0 Å². The second-order valence-corrected chi connectivity index (χ2v) is 6.39. The van der Waals surface area contributed by atoms with Gasteiger partial charge in [-0.3, -0.25) is 4.79 Å². The third-order valence-corrected chi connectivity index (χ3v) is 5.00. The van der Waals surface area contributed by atoms with Crippen molar-refractivity contribution in [1.82, 2.24) is 4.90 Å². The van der Waals surface area contributed by atoms with E-state index in [1.54, 1.807) is 36.5 Å². The fourth-order valence-corrected chi connectivity index (χ4v) is 3.35. The lowest BCUT2D eigenvalue weighted by molar-refractivity contribution is 0.0744. The van der Waals surface area contributed by atoms with Crippen LogP contribution in [-0.4, -0.2) is 32.1 Å². The predicted molar refractivity (Wildman–Crippen MR) is 99.1 cm³/mol. The molecule has 0 saturated carbocycles. The highest BCUT2D eigenvalue weighted by molar-refractivity contribution is 7.10. The summed E-state index contributed by atoms with van der Waals surface area (Å²) in [5.74, 6) is 1.12. The van der Waals surface area contributed by atoms with E-state index in [-0.39, 0.29) is 11.9 Å². The first-order chi connectivity index (χ1) is 11.5. The first-order valence-corrected chi connectivity index (χ1v) is 8.60. The molecule has 0 aliphatic heterocycles. The Labute approximate surface area is 147 Å². The largest absolute Gasteiger partial charge is 0.493 e. The molecule has 0 saturated heterocycles. The summed E-state index contributed by atoms with van der Waals surface area (Å²) in [6, 6.07) is 7.61. The zero-order valence-electron chi connectivity index (χ0n) is 14.7. The van der Waals surface area contributed by atoms with Crippen LogP contribution in [0.5, 0.6) is 11.5 Å². The molecule has 2 rings (SSSR count). The van der Waals surface area contributed by atoms with Gasteiger partial charge in [0.2, 0.25) is 0 Å². The van der Waals surface area contributed by atoms with Gasteiger partial charge in [-0.15, -0.1) is 11.3 Å². The van der Waals surface area contributed by atoms with Crippen molar-refractivity contribution in [3.63, 3.8) is 0 Å². The Morgan fingerprint density at radius 3 is 2.58 bits per heavy atom. The number of nitrogens with zero attached hydrogens (tertiary/aromatic N) is 1. The van der Waals surface area contributed by atoms with Crippen LogP contribution in [0.3, 0.4) is 0 Å². The summed E-state index contributed by atoms with van der Waals surface area (Å²) in [6.45, 7) is 3.95. The molecular formula is C19H23NO3S. The van der Waals surface area contributed by atoms with Crippen molar-refractivity contribution in [3.8, 4) is 11.5 Å². The molecule has 0 aliphatic carbocycles. The molecule has 5 heteroatoms. The van der Waals surface area contributed by atoms with E-state index < -0.39 is 0 Å². The third kappa shape index (κ3) is 3.62. The van der Waals surface area contributed by atoms with Gasteiger partial charge in [0.05, 0.1) is 20.3 Å². The molecule has 1 heterocycles. The fourth-order valence-electron chi connectivity index (χ4n) is 2.52. The van der Waals surface area contributed by atoms with Crippen LogP contribution in [0.25, 0.3) is 6.08 Å². The van der Waals surface area contributed by atoms with Gasteiger partial charge in [0.1, 0.15) is 0 Å². The van der Waals surface area contributed by atoms with Crippen molar-refractivity contribution in [2.45, 2.75) is 19.9 Å². The minimum absolute atomic E-state index is 0.00997. The van der Waals surface area contributed by atoms with Gasteiger partial charge in [-0.2, -0.15) is 0 Å². The maximum Gasteiger partial charge on any atom is 0.254 e. The number of methoxy groups -OCH3 is 2. The maximum atomic E-state index is 12.9. The first-order valence-electron chi connectivity index (χ1n) is 7.72. The molecule has 1 atom stereocenters. The smallest absolute Gasteiger partial charge is 0.254 e. The number of rotatable bonds is 6. The molecule has 2 aromatic rings.